The number of nitrogens with one attached hydrogen (secondary N) is 2. The summed E-state index contributed by atoms with van der Waals surface area (Å²) in [5.74, 6) is -1.08. The van der Waals surface area contributed by atoms with Crippen molar-refractivity contribution in [3.63, 3.8) is 0 Å². The Morgan fingerprint density at radius 2 is 2.11 bits per heavy atom. The highest BCUT2D eigenvalue weighted by Gasteiger charge is 2.13. The molecule has 0 spiro atoms. The van der Waals surface area contributed by atoms with Crippen molar-refractivity contribution in [1.82, 2.24) is 4.98 Å². The first-order valence-corrected chi connectivity index (χ1v) is 5.83. The highest BCUT2D eigenvalue weighted by molar-refractivity contribution is 7.14. The Bertz CT molecular complexity index is 568. The van der Waals surface area contributed by atoms with Crippen LogP contribution in [-0.2, 0) is 0 Å². The van der Waals surface area contributed by atoms with Gasteiger partial charge in [0.25, 0.3) is 0 Å². The highest BCUT2D eigenvalue weighted by Crippen LogP contribution is 2.23. The van der Waals surface area contributed by atoms with Crippen LogP contribution in [0, 0.1) is 0 Å². The largest absolute Gasteiger partial charge is 0.478 e. The Morgan fingerprint density at radius 3 is 2.78 bits per heavy atom. The number of carboxylic acids is 1. The number of carbonyl (C=O) groups excluding carboxylic acids is 1. The first-order chi connectivity index (χ1) is 8.66. The quantitative estimate of drug-likeness (QED) is 0.793. The molecule has 0 aromatic carbocycles. The molecule has 0 bridgehead atoms. The number of rotatable bonds is 3. The predicted octanol–water partition coefficient (Wildman–Crippen LogP) is 2.49. The molecule has 2 aromatic heterocycles. The molecular weight excluding hydrogens is 254 g/mol. The van der Waals surface area contributed by atoms with Crippen LogP contribution in [0.2, 0.25) is 0 Å². The zero-order valence-electron chi connectivity index (χ0n) is 9.08. The minimum absolute atomic E-state index is 0.0707. The summed E-state index contributed by atoms with van der Waals surface area (Å²) in [6, 6.07) is 4.29. The van der Waals surface area contributed by atoms with E-state index in [1.807, 2.05) is 0 Å². The number of amides is 2. The lowest BCUT2D eigenvalue weighted by atomic mass is 10.3. The fourth-order valence-corrected chi connectivity index (χ4v) is 2.05. The number of carboxylic acid groups (broad SMARTS) is 1. The molecule has 0 atom stereocenters. The molecule has 3 N–H and O–H groups in total. The second-order valence-electron chi connectivity index (χ2n) is 3.29. The summed E-state index contributed by atoms with van der Waals surface area (Å²) >= 11 is 1.15. The Kier molecular flexibility index (Phi) is 3.54. The zero-order valence-corrected chi connectivity index (χ0v) is 9.90. The van der Waals surface area contributed by atoms with E-state index in [0.29, 0.717) is 10.7 Å². The molecule has 0 radical (unpaired) electrons. The van der Waals surface area contributed by atoms with Gasteiger partial charge in [0.05, 0.1) is 17.4 Å². The highest BCUT2D eigenvalue weighted by atomic mass is 32.1. The average molecular weight is 263 g/mol. The van der Waals surface area contributed by atoms with Crippen LogP contribution in [0.5, 0.6) is 0 Å². The Balaban J connectivity index is 2.04. The van der Waals surface area contributed by atoms with Gasteiger partial charge in [0.2, 0.25) is 0 Å². The molecule has 0 saturated heterocycles. The van der Waals surface area contributed by atoms with Crippen molar-refractivity contribution < 1.29 is 14.7 Å². The van der Waals surface area contributed by atoms with Crippen molar-refractivity contribution >= 4 is 34.0 Å². The van der Waals surface area contributed by atoms with Gasteiger partial charge in [-0.2, -0.15) is 0 Å². The molecule has 0 aliphatic heterocycles. The van der Waals surface area contributed by atoms with Gasteiger partial charge in [0, 0.05) is 6.20 Å². The van der Waals surface area contributed by atoms with Gasteiger partial charge in [-0.1, -0.05) is 0 Å². The predicted molar refractivity (Wildman–Crippen MR) is 68.2 cm³/mol. The van der Waals surface area contributed by atoms with Crippen LogP contribution in [0.25, 0.3) is 0 Å². The third kappa shape index (κ3) is 2.83. The van der Waals surface area contributed by atoms with E-state index in [1.165, 1.54) is 12.3 Å². The summed E-state index contributed by atoms with van der Waals surface area (Å²) in [4.78, 5) is 26.3. The van der Waals surface area contributed by atoms with Crippen LogP contribution < -0.4 is 10.6 Å². The maximum atomic E-state index is 11.6. The van der Waals surface area contributed by atoms with Gasteiger partial charge in [0.1, 0.15) is 5.00 Å². The number of anilines is 2. The number of hydrogen-bond donors (Lipinski definition) is 3. The summed E-state index contributed by atoms with van der Waals surface area (Å²) in [5.41, 5.74) is 0.602. The SMILES string of the molecule is O=C(Nc1cccnc1)Nc1sccc1C(=O)O. The summed E-state index contributed by atoms with van der Waals surface area (Å²) in [6.07, 6.45) is 3.08. The number of carbonyl (C=O) groups is 2. The molecule has 0 fully saturated rings. The summed E-state index contributed by atoms with van der Waals surface area (Å²) in [6.45, 7) is 0. The zero-order chi connectivity index (χ0) is 13.0. The molecule has 2 heterocycles. The average Bonchev–Trinajstić information content (AvgIpc) is 2.78. The van der Waals surface area contributed by atoms with Crippen LogP contribution in [0.3, 0.4) is 0 Å². The van der Waals surface area contributed by atoms with Gasteiger partial charge in [0.15, 0.2) is 0 Å². The van der Waals surface area contributed by atoms with Crippen LogP contribution in [-0.4, -0.2) is 22.1 Å². The van der Waals surface area contributed by atoms with Crippen molar-refractivity contribution in [2.45, 2.75) is 0 Å². The first kappa shape index (κ1) is 12.1. The Labute approximate surface area is 106 Å². The van der Waals surface area contributed by atoms with Gasteiger partial charge < -0.3 is 10.4 Å². The Morgan fingerprint density at radius 1 is 1.28 bits per heavy atom. The van der Waals surface area contributed by atoms with Gasteiger partial charge in [-0.05, 0) is 23.6 Å². The molecule has 6 nitrogen and oxygen atoms in total. The van der Waals surface area contributed by atoms with E-state index in [2.05, 4.69) is 15.6 Å². The van der Waals surface area contributed by atoms with Crippen molar-refractivity contribution in [3.05, 3.63) is 41.5 Å². The second kappa shape index (κ2) is 5.28. The van der Waals surface area contributed by atoms with Crippen LogP contribution in [0.1, 0.15) is 10.4 Å². The van der Waals surface area contributed by atoms with E-state index in [0.717, 1.165) is 11.3 Å². The number of pyridine rings is 1. The third-order valence-electron chi connectivity index (χ3n) is 2.04. The first-order valence-electron chi connectivity index (χ1n) is 4.95. The molecule has 2 aromatic rings. The molecule has 0 saturated carbocycles. The topological polar surface area (TPSA) is 91.3 Å². The van der Waals surface area contributed by atoms with Crippen molar-refractivity contribution in [2.24, 2.45) is 0 Å². The molecule has 18 heavy (non-hydrogen) atoms. The van der Waals surface area contributed by atoms with E-state index < -0.39 is 12.0 Å². The van der Waals surface area contributed by atoms with E-state index in [4.69, 9.17) is 5.11 Å². The van der Waals surface area contributed by atoms with Crippen molar-refractivity contribution in [3.8, 4) is 0 Å². The summed E-state index contributed by atoms with van der Waals surface area (Å²) in [5, 5.41) is 15.8. The fourth-order valence-electron chi connectivity index (χ4n) is 1.28. The van der Waals surface area contributed by atoms with E-state index in [-0.39, 0.29) is 5.56 Å². The van der Waals surface area contributed by atoms with Crippen LogP contribution in [0.4, 0.5) is 15.5 Å². The smallest absolute Gasteiger partial charge is 0.338 e. The van der Waals surface area contributed by atoms with E-state index in [9.17, 15) is 9.59 Å². The minimum Gasteiger partial charge on any atom is -0.478 e. The maximum absolute atomic E-state index is 11.6. The number of hydrogen-bond acceptors (Lipinski definition) is 4. The summed E-state index contributed by atoms with van der Waals surface area (Å²) < 4.78 is 0. The van der Waals surface area contributed by atoms with Crippen LogP contribution in [0.15, 0.2) is 36.0 Å². The van der Waals surface area contributed by atoms with Gasteiger partial charge in [-0.15, -0.1) is 11.3 Å². The molecule has 0 aliphatic carbocycles. The fraction of sp³-hybridized carbons (Fsp3) is 0. The van der Waals surface area contributed by atoms with Crippen LogP contribution >= 0.6 is 11.3 Å². The van der Waals surface area contributed by atoms with E-state index in [1.54, 1.807) is 23.7 Å². The number of thiophene rings is 1. The number of aromatic nitrogens is 1. The standard InChI is InChI=1S/C11H9N3O3S/c15-10(16)8-3-5-18-9(8)14-11(17)13-7-2-1-4-12-6-7/h1-6H,(H,15,16)(H2,13,14,17). The molecule has 0 unspecified atom stereocenters. The number of aromatic carboxylic acids is 1. The lowest BCUT2D eigenvalue weighted by molar-refractivity contribution is 0.0698. The molecular formula is C11H9N3O3S. The normalized spacial score (nSPS) is 9.78. The van der Waals surface area contributed by atoms with E-state index >= 15 is 0 Å². The van der Waals surface area contributed by atoms with Crippen molar-refractivity contribution in [1.29, 1.82) is 0 Å². The summed E-state index contributed by atoms with van der Waals surface area (Å²) in [7, 11) is 0. The Hall–Kier alpha value is -2.41. The molecule has 2 amide bonds. The molecule has 0 aliphatic rings. The lowest BCUT2D eigenvalue weighted by Gasteiger charge is -2.06. The monoisotopic (exact) mass is 263 g/mol. The minimum atomic E-state index is -1.08. The molecule has 2 rings (SSSR count). The van der Waals surface area contributed by atoms with Gasteiger partial charge >= 0.3 is 12.0 Å². The molecule has 7 heteroatoms. The maximum Gasteiger partial charge on any atom is 0.338 e. The number of nitrogens with zero attached hydrogens (tertiary/aromatic N) is 1. The molecule has 92 valence electrons. The lowest BCUT2D eigenvalue weighted by Crippen LogP contribution is -2.20. The van der Waals surface area contributed by atoms with Gasteiger partial charge in [-0.25, -0.2) is 9.59 Å². The second-order valence-corrected chi connectivity index (χ2v) is 4.21. The van der Waals surface area contributed by atoms with Crippen molar-refractivity contribution in [2.75, 3.05) is 10.6 Å². The van der Waals surface area contributed by atoms with Gasteiger partial charge in [-0.3, -0.25) is 10.3 Å². The third-order valence-corrected chi connectivity index (χ3v) is 2.87. The number of urea groups is 1.